The molecule has 1 amide bonds. The largest absolute Gasteiger partial charge is 0.368 e. The zero-order valence-electron chi connectivity index (χ0n) is 18.9. The highest BCUT2D eigenvalue weighted by molar-refractivity contribution is 7.89. The average Bonchev–Trinajstić information content (AvgIpc) is 3.05. The Bertz CT molecular complexity index is 1190. The summed E-state index contributed by atoms with van der Waals surface area (Å²) < 4.78 is 77.1. The second-order valence-electron chi connectivity index (χ2n) is 8.74. The van der Waals surface area contributed by atoms with Crippen LogP contribution in [0.2, 0.25) is 0 Å². The summed E-state index contributed by atoms with van der Waals surface area (Å²) in [5, 5.41) is 0. The quantitative estimate of drug-likeness (QED) is 0.639. The first-order chi connectivity index (χ1) is 16.1. The van der Waals surface area contributed by atoms with Crippen LogP contribution < -0.4 is 4.72 Å². The maximum atomic E-state index is 15.6. The van der Waals surface area contributed by atoms with Crippen molar-refractivity contribution in [3.63, 3.8) is 0 Å². The summed E-state index contributed by atoms with van der Waals surface area (Å²) in [6, 6.07) is 6.65. The van der Waals surface area contributed by atoms with Crippen LogP contribution in [0.4, 0.5) is 13.2 Å². The van der Waals surface area contributed by atoms with Gasteiger partial charge in [-0.05, 0) is 38.0 Å². The first-order valence-electron chi connectivity index (χ1n) is 11.2. The van der Waals surface area contributed by atoms with Crippen LogP contribution in [0.15, 0.2) is 36.4 Å². The molecule has 1 N–H and O–H groups in total. The summed E-state index contributed by atoms with van der Waals surface area (Å²) in [5.74, 6) is -1.99. The van der Waals surface area contributed by atoms with Crippen molar-refractivity contribution in [1.29, 1.82) is 0 Å². The van der Waals surface area contributed by atoms with Crippen molar-refractivity contribution < 1.29 is 31.1 Å². The molecule has 34 heavy (non-hydrogen) atoms. The lowest BCUT2D eigenvalue weighted by molar-refractivity contribution is -0.157. The predicted molar refractivity (Wildman–Crippen MR) is 121 cm³/mol. The van der Waals surface area contributed by atoms with Gasteiger partial charge >= 0.3 is 0 Å². The molecule has 2 fully saturated rings. The number of rotatable bonds is 7. The van der Waals surface area contributed by atoms with Gasteiger partial charge in [0.2, 0.25) is 10.0 Å². The number of alkyl halides is 1. The van der Waals surface area contributed by atoms with Gasteiger partial charge in [-0.1, -0.05) is 29.8 Å². The Balaban J connectivity index is 1.70. The third-order valence-corrected chi connectivity index (χ3v) is 7.84. The zero-order chi connectivity index (χ0) is 24.6. The molecule has 2 aromatic rings. The number of benzene rings is 2. The van der Waals surface area contributed by atoms with E-state index in [1.165, 1.54) is 36.1 Å². The summed E-state index contributed by atoms with van der Waals surface area (Å²) in [6.45, 7) is 3.28. The van der Waals surface area contributed by atoms with Crippen molar-refractivity contribution in [3.8, 4) is 11.1 Å². The highest BCUT2D eigenvalue weighted by Gasteiger charge is 2.48. The molecule has 4 atom stereocenters. The number of ether oxygens (including phenoxy) is 1. The fourth-order valence-electron chi connectivity index (χ4n) is 4.44. The first-order valence-corrected chi connectivity index (χ1v) is 12.9. The fraction of sp³-hybridized carbons (Fsp3) is 0.458. The van der Waals surface area contributed by atoms with Crippen LogP contribution in [0.1, 0.15) is 24.5 Å². The Morgan fingerprint density at radius 3 is 2.59 bits per heavy atom. The van der Waals surface area contributed by atoms with E-state index in [0.717, 1.165) is 5.56 Å². The second kappa shape index (κ2) is 9.67. The molecule has 0 aliphatic carbocycles. The Kier molecular flexibility index (Phi) is 7.02. The normalized spacial score (nSPS) is 24.8. The number of hydrogen-bond acceptors (Lipinski definition) is 4. The van der Waals surface area contributed by atoms with Crippen LogP contribution in [-0.4, -0.2) is 62.5 Å². The average molecular weight is 497 g/mol. The van der Waals surface area contributed by atoms with Gasteiger partial charge in [0.25, 0.3) is 5.91 Å². The van der Waals surface area contributed by atoms with Crippen LogP contribution in [0.25, 0.3) is 11.1 Å². The van der Waals surface area contributed by atoms with E-state index in [1.807, 2.05) is 0 Å². The third kappa shape index (κ3) is 4.85. The zero-order valence-corrected chi connectivity index (χ0v) is 19.7. The minimum Gasteiger partial charge on any atom is -0.368 e. The van der Waals surface area contributed by atoms with Gasteiger partial charge in [-0.2, -0.15) is 0 Å². The lowest BCUT2D eigenvalue weighted by Gasteiger charge is -2.34. The molecule has 2 aliphatic heterocycles. The molecule has 0 spiro atoms. The van der Waals surface area contributed by atoms with Crippen molar-refractivity contribution in [2.75, 3.05) is 18.9 Å². The van der Waals surface area contributed by atoms with Gasteiger partial charge in [0.15, 0.2) is 0 Å². The predicted octanol–water partition coefficient (Wildman–Crippen LogP) is 3.13. The number of carbonyl (C=O) groups is 1. The number of hydrogen-bond donors (Lipinski definition) is 1. The highest BCUT2D eigenvalue weighted by Crippen LogP contribution is 2.32. The molecule has 2 heterocycles. The lowest BCUT2D eigenvalue weighted by atomic mass is 9.94. The molecule has 10 heteroatoms. The Morgan fingerprint density at radius 1 is 1.21 bits per heavy atom. The summed E-state index contributed by atoms with van der Waals surface area (Å²) >= 11 is 0. The van der Waals surface area contributed by atoms with Crippen LogP contribution >= 0.6 is 0 Å². The Hall–Kier alpha value is -2.43. The molecule has 0 aromatic heterocycles. The lowest BCUT2D eigenvalue weighted by Crippen LogP contribution is -2.53. The maximum Gasteiger partial charge on any atom is 0.252 e. The summed E-state index contributed by atoms with van der Waals surface area (Å²) in [5.41, 5.74) is 1.02. The number of carbonyl (C=O) groups excluding carboxylic acids is 1. The van der Waals surface area contributed by atoms with E-state index in [2.05, 4.69) is 4.72 Å². The number of nitrogens with zero attached hydrogens (tertiary/aromatic N) is 1. The monoisotopic (exact) mass is 496 g/mol. The standard InChI is InChI=1S/C24H27F3N2O4S/c1-3-34(31,32)28-23-19(26)13-29(24(30)21-9-10-33-21)20(23)12-15-5-4-6-16(22(15)27)17-11-14(2)7-8-18(17)25/h4-8,11,19-21,23,28H,3,9-10,12-13H2,1-2H3/t19-,20-,21?,23-/m0/s1. The van der Waals surface area contributed by atoms with Crippen LogP contribution in [0.3, 0.4) is 0 Å². The van der Waals surface area contributed by atoms with E-state index in [4.69, 9.17) is 4.74 Å². The number of likely N-dealkylation sites (tertiary alicyclic amines) is 1. The number of nitrogens with one attached hydrogen (secondary N) is 1. The van der Waals surface area contributed by atoms with E-state index in [9.17, 15) is 17.6 Å². The Labute approximate surface area is 197 Å². The maximum absolute atomic E-state index is 15.6. The van der Waals surface area contributed by atoms with Gasteiger partial charge in [0.05, 0.1) is 31.0 Å². The Morgan fingerprint density at radius 2 is 1.94 bits per heavy atom. The second-order valence-corrected chi connectivity index (χ2v) is 10.8. The highest BCUT2D eigenvalue weighted by atomic mass is 32.2. The molecular formula is C24H27F3N2O4S. The van der Waals surface area contributed by atoms with Crippen LogP contribution in [0.5, 0.6) is 0 Å². The van der Waals surface area contributed by atoms with Gasteiger partial charge < -0.3 is 9.64 Å². The number of aryl methyl sites for hydroxylation is 1. The van der Waals surface area contributed by atoms with Crippen LogP contribution in [-0.2, 0) is 26.0 Å². The van der Waals surface area contributed by atoms with Gasteiger partial charge in [-0.25, -0.2) is 26.3 Å². The SMILES string of the molecule is CCS(=O)(=O)N[C@H]1[C@@H](F)CN(C(=O)C2CCO2)[C@H]1Cc1cccc(-c2cc(C)ccc2F)c1F. The molecule has 0 saturated carbocycles. The van der Waals surface area contributed by atoms with Gasteiger partial charge in [0.1, 0.15) is 23.9 Å². The van der Waals surface area contributed by atoms with E-state index in [1.54, 1.807) is 19.1 Å². The smallest absolute Gasteiger partial charge is 0.252 e. The van der Waals surface area contributed by atoms with E-state index in [-0.39, 0.29) is 35.4 Å². The molecule has 2 saturated heterocycles. The summed E-state index contributed by atoms with van der Waals surface area (Å²) in [7, 11) is -3.80. The van der Waals surface area contributed by atoms with E-state index >= 15 is 8.78 Å². The summed E-state index contributed by atoms with van der Waals surface area (Å²) in [6.07, 6.45) is -2.05. The number of halogens is 3. The fourth-order valence-corrected chi connectivity index (χ4v) is 5.32. The number of sulfonamides is 1. The molecular weight excluding hydrogens is 469 g/mol. The van der Waals surface area contributed by atoms with Gasteiger partial charge in [-0.15, -0.1) is 0 Å². The van der Waals surface area contributed by atoms with Crippen molar-refractivity contribution >= 4 is 15.9 Å². The van der Waals surface area contributed by atoms with Crippen molar-refractivity contribution in [2.24, 2.45) is 0 Å². The van der Waals surface area contributed by atoms with E-state index < -0.39 is 51.9 Å². The van der Waals surface area contributed by atoms with Crippen molar-refractivity contribution in [2.45, 2.75) is 51.0 Å². The third-order valence-electron chi connectivity index (χ3n) is 6.45. The van der Waals surface area contributed by atoms with Crippen molar-refractivity contribution in [3.05, 3.63) is 59.2 Å². The molecule has 6 nitrogen and oxygen atoms in total. The number of amides is 1. The molecule has 1 unspecified atom stereocenters. The van der Waals surface area contributed by atoms with E-state index in [0.29, 0.717) is 13.0 Å². The molecule has 184 valence electrons. The molecule has 4 rings (SSSR count). The minimum atomic E-state index is -3.80. The van der Waals surface area contributed by atoms with Crippen LogP contribution in [0, 0.1) is 18.6 Å². The summed E-state index contributed by atoms with van der Waals surface area (Å²) in [4.78, 5) is 14.2. The molecule has 0 radical (unpaired) electrons. The van der Waals surface area contributed by atoms with Gasteiger partial charge in [0, 0.05) is 17.5 Å². The topological polar surface area (TPSA) is 75.7 Å². The molecule has 2 aliphatic rings. The molecule has 2 aromatic carbocycles. The molecule has 0 bridgehead atoms. The first kappa shape index (κ1) is 24.7. The van der Waals surface area contributed by atoms with Gasteiger partial charge in [-0.3, -0.25) is 4.79 Å². The van der Waals surface area contributed by atoms with Crippen molar-refractivity contribution in [1.82, 2.24) is 9.62 Å². The minimum absolute atomic E-state index is 0.0411.